The molecular formula is C21H24ClN3O3. The third-order valence-electron chi connectivity index (χ3n) is 5.73. The normalized spacial score (nSPS) is 18.3. The molecule has 148 valence electrons. The third-order valence-corrected chi connectivity index (χ3v) is 6.10. The maximum atomic E-state index is 12.7. The van der Waals surface area contributed by atoms with Crippen LogP contribution in [0.4, 0.5) is 5.69 Å². The molecule has 0 unspecified atom stereocenters. The first kappa shape index (κ1) is 19.2. The minimum absolute atomic E-state index is 0.0321. The standard InChI is InChI=1S/C21H24ClN3O3/c22-19-18(24-20(26)16-9-11-28-12-10-16)13-23-25(21(19)27)17-7-5-15(6-8-17)14-3-1-2-4-14/h5-8,13-14,16H,1-4,9-12H2,(H,24,26). The van der Waals surface area contributed by atoms with Gasteiger partial charge in [0.15, 0.2) is 0 Å². The molecule has 2 fully saturated rings. The van der Waals surface area contributed by atoms with Crippen molar-refractivity contribution in [3.05, 3.63) is 51.4 Å². The fourth-order valence-electron chi connectivity index (χ4n) is 4.05. The van der Waals surface area contributed by atoms with Crippen LogP contribution in [-0.2, 0) is 9.53 Å². The van der Waals surface area contributed by atoms with Crippen molar-refractivity contribution in [1.29, 1.82) is 0 Å². The lowest BCUT2D eigenvalue weighted by molar-refractivity contribution is -0.122. The van der Waals surface area contributed by atoms with E-state index >= 15 is 0 Å². The van der Waals surface area contributed by atoms with Crippen LogP contribution in [-0.4, -0.2) is 28.9 Å². The number of hydrogen-bond donors (Lipinski definition) is 1. The first-order chi connectivity index (χ1) is 13.6. The van der Waals surface area contributed by atoms with Crippen molar-refractivity contribution in [2.24, 2.45) is 5.92 Å². The number of ether oxygens (including phenoxy) is 1. The second-order valence-corrected chi connectivity index (χ2v) is 7.92. The van der Waals surface area contributed by atoms with Gasteiger partial charge in [0.2, 0.25) is 5.91 Å². The van der Waals surface area contributed by atoms with Gasteiger partial charge in [-0.1, -0.05) is 36.6 Å². The van der Waals surface area contributed by atoms with Crippen LogP contribution in [0.3, 0.4) is 0 Å². The lowest BCUT2D eigenvalue weighted by Gasteiger charge is -2.21. The molecule has 2 heterocycles. The fourth-order valence-corrected chi connectivity index (χ4v) is 4.22. The van der Waals surface area contributed by atoms with Crippen molar-refractivity contribution < 1.29 is 9.53 Å². The molecular weight excluding hydrogens is 378 g/mol. The Labute approximate surface area is 168 Å². The number of anilines is 1. The van der Waals surface area contributed by atoms with E-state index in [1.54, 1.807) is 0 Å². The number of nitrogens with zero attached hydrogens (tertiary/aromatic N) is 2. The third kappa shape index (κ3) is 3.98. The van der Waals surface area contributed by atoms with Crippen LogP contribution in [0.2, 0.25) is 5.02 Å². The van der Waals surface area contributed by atoms with Gasteiger partial charge in [-0.15, -0.1) is 0 Å². The SMILES string of the molecule is O=C(Nc1cnn(-c2ccc(C3CCCC3)cc2)c(=O)c1Cl)C1CCOCC1. The van der Waals surface area contributed by atoms with Crippen LogP contribution in [0.25, 0.3) is 5.69 Å². The summed E-state index contributed by atoms with van der Waals surface area (Å²) in [6.07, 6.45) is 7.79. The Kier molecular flexibility index (Phi) is 5.78. The molecule has 1 N–H and O–H groups in total. The number of amides is 1. The average molecular weight is 402 g/mol. The van der Waals surface area contributed by atoms with E-state index in [4.69, 9.17) is 16.3 Å². The number of rotatable bonds is 4. The predicted molar refractivity (Wildman–Crippen MR) is 108 cm³/mol. The number of carbonyl (C=O) groups is 1. The molecule has 1 aliphatic heterocycles. The van der Waals surface area contributed by atoms with Crippen LogP contribution >= 0.6 is 11.6 Å². The number of aromatic nitrogens is 2. The zero-order valence-corrected chi connectivity index (χ0v) is 16.5. The number of benzene rings is 1. The molecule has 1 saturated carbocycles. The highest BCUT2D eigenvalue weighted by Gasteiger charge is 2.23. The van der Waals surface area contributed by atoms with Crippen LogP contribution in [0, 0.1) is 5.92 Å². The quantitative estimate of drug-likeness (QED) is 0.842. The van der Waals surface area contributed by atoms with Gasteiger partial charge < -0.3 is 10.1 Å². The molecule has 4 rings (SSSR count). The van der Waals surface area contributed by atoms with E-state index in [0.717, 1.165) is 0 Å². The lowest BCUT2D eigenvalue weighted by atomic mass is 9.98. The van der Waals surface area contributed by atoms with Crippen molar-refractivity contribution in [3.8, 4) is 5.69 Å². The molecule has 0 spiro atoms. The van der Waals surface area contributed by atoms with Crippen LogP contribution in [0.5, 0.6) is 0 Å². The maximum Gasteiger partial charge on any atom is 0.292 e. The number of carbonyl (C=O) groups excluding carboxylic acids is 1. The molecule has 1 aromatic carbocycles. The van der Waals surface area contributed by atoms with E-state index in [0.29, 0.717) is 37.7 Å². The molecule has 7 heteroatoms. The highest BCUT2D eigenvalue weighted by Crippen LogP contribution is 2.34. The van der Waals surface area contributed by atoms with Crippen LogP contribution < -0.4 is 10.9 Å². The minimum atomic E-state index is -0.444. The molecule has 2 aliphatic rings. The second kappa shape index (κ2) is 8.45. The van der Waals surface area contributed by atoms with Crippen molar-refractivity contribution in [3.63, 3.8) is 0 Å². The van der Waals surface area contributed by atoms with E-state index in [1.807, 2.05) is 12.1 Å². The number of halogens is 1. The van der Waals surface area contributed by atoms with E-state index in [1.165, 1.54) is 42.1 Å². The molecule has 1 aromatic heterocycles. The molecule has 0 bridgehead atoms. The summed E-state index contributed by atoms with van der Waals surface area (Å²) in [6, 6.07) is 7.93. The van der Waals surface area contributed by atoms with E-state index in [2.05, 4.69) is 22.5 Å². The summed E-state index contributed by atoms with van der Waals surface area (Å²) < 4.78 is 6.55. The zero-order valence-electron chi connectivity index (χ0n) is 15.7. The van der Waals surface area contributed by atoms with E-state index in [9.17, 15) is 9.59 Å². The molecule has 1 saturated heterocycles. The van der Waals surface area contributed by atoms with Gasteiger partial charge in [0.25, 0.3) is 5.56 Å². The van der Waals surface area contributed by atoms with Gasteiger partial charge >= 0.3 is 0 Å². The zero-order chi connectivity index (χ0) is 19.5. The first-order valence-electron chi connectivity index (χ1n) is 9.90. The van der Waals surface area contributed by atoms with Crippen LogP contribution in [0.1, 0.15) is 50.0 Å². The molecule has 28 heavy (non-hydrogen) atoms. The summed E-state index contributed by atoms with van der Waals surface area (Å²) in [5.74, 6) is 0.338. The molecule has 0 radical (unpaired) electrons. The Hall–Kier alpha value is -2.18. The van der Waals surface area contributed by atoms with Crippen molar-refractivity contribution in [2.45, 2.75) is 44.4 Å². The molecule has 2 aromatic rings. The van der Waals surface area contributed by atoms with Gasteiger partial charge in [0, 0.05) is 19.1 Å². The minimum Gasteiger partial charge on any atom is -0.381 e. The fraction of sp³-hybridized carbons (Fsp3) is 0.476. The molecule has 1 amide bonds. The Morgan fingerprint density at radius 2 is 1.79 bits per heavy atom. The molecule has 1 aliphatic carbocycles. The van der Waals surface area contributed by atoms with Crippen molar-refractivity contribution >= 4 is 23.2 Å². The maximum absolute atomic E-state index is 12.7. The summed E-state index contributed by atoms with van der Waals surface area (Å²) >= 11 is 6.25. The molecule has 0 atom stereocenters. The van der Waals surface area contributed by atoms with Crippen LogP contribution in [0.15, 0.2) is 35.3 Å². The number of hydrogen-bond acceptors (Lipinski definition) is 4. The highest BCUT2D eigenvalue weighted by molar-refractivity contribution is 6.33. The van der Waals surface area contributed by atoms with E-state index in [-0.39, 0.29) is 22.5 Å². The second-order valence-electron chi connectivity index (χ2n) is 7.54. The predicted octanol–water partition coefficient (Wildman–Crippen LogP) is 3.91. The Bertz CT molecular complexity index is 898. The van der Waals surface area contributed by atoms with Gasteiger partial charge in [0.05, 0.1) is 17.6 Å². The van der Waals surface area contributed by atoms with Gasteiger partial charge in [-0.25, -0.2) is 0 Å². The van der Waals surface area contributed by atoms with Gasteiger partial charge in [0.1, 0.15) is 5.02 Å². The largest absolute Gasteiger partial charge is 0.381 e. The highest BCUT2D eigenvalue weighted by atomic mass is 35.5. The summed E-state index contributed by atoms with van der Waals surface area (Å²) in [5.41, 5.74) is 1.78. The Balaban J connectivity index is 1.52. The molecule has 6 nitrogen and oxygen atoms in total. The number of nitrogens with one attached hydrogen (secondary N) is 1. The Morgan fingerprint density at radius 3 is 2.46 bits per heavy atom. The summed E-state index contributed by atoms with van der Waals surface area (Å²) in [4.78, 5) is 25.1. The summed E-state index contributed by atoms with van der Waals surface area (Å²) in [7, 11) is 0. The topological polar surface area (TPSA) is 73.2 Å². The summed E-state index contributed by atoms with van der Waals surface area (Å²) in [6.45, 7) is 1.14. The van der Waals surface area contributed by atoms with Crippen molar-refractivity contribution in [2.75, 3.05) is 18.5 Å². The van der Waals surface area contributed by atoms with Crippen molar-refractivity contribution in [1.82, 2.24) is 9.78 Å². The lowest BCUT2D eigenvalue weighted by Crippen LogP contribution is -2.30. The first-order valence-corrected chi connectivity index (χ1v) is 10.3. The smallest absolute Gasteiger partial charge is 0.292 e. The monoisotopic (exact) mass is 401 g/mol. The van der Waals surface area contributed by atoms with Gasteiger partial charge in [-0.05, 0) is 49.3 Å². The van der Waals surface area contributed by atoms with E-state index < -0.39 is 5.56 Å². The van der Waals surface area contributed by atoms with Gasteiger partial charge in [-0.2, -0.15) is 9.78 Å². The van der Waals surface area contributed by atoms with Gasteiger partial charge in [-0.3, -0.25) is 9.59 Å². The average Bonchev–Trinajstić information content (AvgIpc) is 3.27. The Morgan fingerprint density at radius 1 is 1.11 bits per heavy atom. The summed E-state index contributed by atoms with van der Waals surface area (Å²) in [5, 5.41) is 6.93.